The van der Waals surface area contributed by atoms with E-state index in [1.807, 2.05) is 36.7 Å². The van der Waals surface area contributed by atoms with Crippen molar-refractivity contribution in [3.8, 4) is 6.19 Å². The number of pyridine rings is 2. The molecule has 9 heteroatoms. The maximum Gasteiger partial charge on any atom is 0.207 e. The molecule has 35 heavy (non-hydrogen) atoms. The van der Waals surface area contributed by atoms with Gasteiger partial charge in [0.1, 0.15) is 0 Å². The smallest absolute Gasteiger partial charge is 0.207 e. The molecule has 1 saturated heterocycles. The number of aliphatic imine (C=N–C) groups is 1. The lowest BCUT2D eigenvalue weighted by Crippen LogP contribution is -2.43. The number of aromatic nitrogens is 2. The van der Waals surface area contributed by atoms with E-state index >= 15 is 0 Å². The van der Waals surface area contributed by atoms with Gasteiger partial charge in [0.05, 0.1) is 12.2 Å². The number of thioether (sulfide) groups is 1. The van der Waals surface area contributed by atoms with E-state index in [1.165, 1.54) is 39.6 Å². The Morgan fingerprint density at radius 2 is 2.11 bits per heavy atom. The molecule has 0 radical (unpaired) electrons. The van der Waals surface area contributed by atoms with Crippen LogP contribution in [0.2, 0.25) is 5.02 Å². The van der Waals surface area contributed by atoms with Crippen molar-refractivity contribution in [2.75, 3.05) is 13.1 Å². The maximum absolute atomic E-state index is 11.5. The van der Waals surface area contributed by atoms with E-state index in [0.29, 0.717) is 12.5 Å². The first-order valence-corrected chi connectivity index (χ1v) is 12.7. The first kappa shape index (κ1) is 23.2. The zero-order valence-electron chi connectivity index (χ0n) is 18.9. The van der Waals surface area contributed by atoms with Crippen LogP contribution in [0.1, 0.15) is 35.2 Å². The predicted octanol–water partition coefficient (Wildman–Crippen LogP) is 4.50. The van der Waals surface area contributed by atoms with Crippen molar-refractivity contribution in [2.24, 2.45) is 4.99 Å². The largest absolute Gasteiger partial charge is 0.619 e. The van der Waals surface area contributed by atoms with Crippen molar-refractivity contribution >= 4 is 34.9 Å². The highest BCUT2D eigenvalue weighted by Gasteiger charge is 2.26. The molecule has 0 spiro atoms. The number of halogens is 1. The second kappa shape index (κ2) is 10.4. The zero-order valence-corrected chi connectivity index (χ0v) is 20.5. The average Bonchev–Trinajstić information content (AvgIpc) is 3.03. The standard InChI is InChI=1S/C26H23ClN6OS/c27-21-5-6-22-23(13-21)35-16-20-4-1-9-29-25(20)24(22)19-7-11-32(12-8-19)26(31-17-28)30-14-18-3-2-10-33(34)15-18/h1-6,9-10,13,15H,7-8,11-12,14,16H2,(H,30,31). The lowest BCUT2D eigenvalue weighted by Gasteiger charge is -2.31. The number of hydrogen-bond donors (Lipinski definition) is 1. The molecule has 2 aliphatic heterocycles. The molecule has 0 bridgehead atoms. The van der Waals surface area contributed by atoms with Crippen LogP contribution >= 0.6 is 23.4 Å². The summed E-state index contributed by atoms with van der Waals surface area (Å²) < 4.78 is 0.753. The highest BCUT2D eigenvalue weighted by Crippen LogP contribution is 2.43. The van der Waals surface area contributed by atoms with E-state index in [2.05, 4.69) is 27.3 Å². The summed E-state index contributed by atoms with van der Waals surface area (Å²) in [6.07, 6.45) is 8.44. The summed E-state index contributed by atoms with van der Waals surface area (Å²) >= 11 is 8.12. The van der Waals surface area contributed by atoms with Crippen molar-refractivity contribution in [2.45, 2.75) is 30.0 Å². The van der Waals surface area contributed by atoms with Crippen molar-refractivity contribution < 1.29 is 4.73 Å². The van der Waals surface area contributed by atoms with E-state index in [1.54, 1.807) is 17.8 Å². The van der Waals surface area contributed by atoms with Crippen LogP contribution in [0.25, 0.3) is 5.57 Å². The van der Waals surface area contributed by atoms with Crippen LogP contribution in [-0.2, 0) is 12.3 Å². The topological polar surface area (TPSA) is 91.2 Å². The fourth-order valence-electron chi connectivity index (χ4n) is 4.51. The van der Waals surface area contributed by atoms with Crippen LogP contribution in [-0.4, -0.2) is 28.9 Å². The molecule has 0 amide bonds. The SMILES string of the molecule is N#CNC(=NCc1ccc[n+]([O-])c1)N1CCC(=C2c3ccc(Cl)cc3SCc3cccnc32)CC1. The normalized spacial score (nSPS) is 15.7. The number of piperidine rings is 1. The molecule has 5 rings (SSSR count). The minimum atomic E-state index is 0.320. The lowest BCUT2D eigenvalue weighted by molar-refractivity contribution is -0.605. The summed E-state index contributed by atoms with van der Waals surface area (Å²) in [5, 5.41) is 24.3. The Kier molecular flexibility index (Phi) is 6.89. The number of hydrogen-bond acceptors (Lipinski definition) is 5. The Labute approximate surface area is 213 Å². The van der Waals surface area contributed by atoms with Crippen LogP contribution in [0.4, 0.5) is 0 Å². The summed E-state index contributed by atoms with van der Waals surface area (Å²) in [6, 6.07) is 13.8. The summed E-state index contributed by atoms with van der Waals surface area (Å²) in [7, 11) is 0. The van der Waals surface area contributed by atoms with E-state index < -0.39 is 0 Å². The van der Waals surface area contributed by atoms with Crippen molar-refractivity contribution in [3.05, 3.63) is 99.2 Å². The van der Waals surface area contributed by atoms with Crippen LogP contribution in [0, 0.1) is 16.7 Å². The zero-order chi connectivity index (χ0) is 24.2. The molecule has 1 fully saturated rings. The summed E-state index contributed by atoms with van der Waals surface area (Å²) in [5.74, 6) is 1.38. The van der Waals surface area contributed by atoms with Gasteiger partial charge in [-0.15, -0.1) is 11.8 Å². The van der Waals surface area contributed by atoms with Crippen molar-refractivity contribution in [1.29, 1.82) is 5.26 Å². The van der Waals surface area contributed by atoms with Gasteiger partial charge in [0.15, 0.2) is 18.6 Å². The molecule has 0 saturated carbocycles. The van der Waals surface area contributed by atoms with Gasteiger partial charge in [-0.05, 0) is 48.2 Å². The quantitative estimate of drug-likeness (QED) is 0.138. The molecule has 1 aromatic carbocycles. The summed E-state index contributed by atoms with van der Waals surface area (Å²) in [4.78, 5) is 12.6. The van der Waals surface area contributed by atoms with Crippen LogP contribution in [0.3, 0.4) is 0 Å². The molecular formula is C26H23ClN6OS. The first-order chi connectivity index (χ1) is 17.1. The van der Waals surface area contributed by atoms with Gasteiger partial charge in [0, 0.05) is 52.2 Å². The molecule has 0 aliphatic carbocycles. The molecule has 0 unspecified atom stereocenters. The summed E-state index contributed by atoms with van der Waals surface area (Å²) in [5.41, 5.74) is 6.78. The van der Waals surface area contributed by atoms with Crippen LogP contribution in [0.5, 0.6) is 0 Å². The second-order valence-corrected chi connectivity index (χ2v) is 9.81. The Bertz CT molecular complexity index is 1360. The van der Waals surface area contributed by atoms with Gasteiger partial charge >= 0.3 is 0 Å². The third kappa shape index (κ3) is 5.11. The first-order valence-electron chi connectivity index (χ1n) is 11.3. The van der Waals surface area contributed by atoms with Gasteiger partial charge < -0.3 is 10.1 Å². The number of benzene rings is 1. The third-order valence-electron chi connectivity index (χ3n) is 6.16. The number of nitrogens with zero attached hydrogens (tertiary/aromatic N) is 5. The Morgan fingerprint density at radius 3 is 2.91 bits per heavy atom. The minimum absolute atomic E-state index is 0.320. The minimum Gasteiger partial charge on any atom is -0.619 e. The lowest BCUT2D eigenvalue weighted by atomic mass is 9.89. The van der Waals surface area contributed by atoms with Crippen LogP contribution < -0.4 is 10.0 Å². The molecule has 7 nitrogen and oxygen atoms in total. The van der Waals surface area contributed by atoms with E-state index in [-0.39, 0.29) is 0 Å². The number of nitrogens with one attached hydrogen (secondary N) is 1. The van der Waals surface area contributed by atoms with Gasteiger partial charge in [-0.3, -0.25) is 10.3 Å². The molecule has 2 aliphatic rings. The summed E-state index contributed by atoms with van der Waals surface area (Å²) in [6.45, 7) is 1.77. The number of nitriles is 1. The Morgan fingerprint density at radius 1 is 1.26 bits per heavy atom. The fourth-order valence-corrected chi connectivity index (χ4v) is 5.83. The molecule has 2 aromatic heterocycles. The third-order valence-corrected chi connectivity index (χ3v) is 7.50. The average molecular weight is 503 g/mol. The number of rotatable bonds is 2. The molecule has 176 valence electrons. The maximum atomic E-state index is 11.5. The second-order valence-electron chi connectivity index (χ2n) is 8.35. The van der Waals surface area contributed by atoms with E-state index in [4.69, 9.17) is 16.6 Å². The monoisotopic (exact) mass is 502 g/mol. The molecule has 3 aromatic rings. The van der Waals surface area contributed by atoms with Gasteiger partial charge in [-0.1, -0.05) is 29.3 Å². The Hall–Kier alpha value is -3.54. The van der Waals surface area contributed by atoms with Gasteiger partial charge in [-0.2, -0.15) is 9.99 Å². The van der Waals surface area contributed by atoms with Crippen LogP contribution in [0.15, 0.2) is 76.5 Å². The number of fused-ring (bicyclic) bond motifs is 2. The van der Waals surface area contributed by atoms with E-state index in [9.17, 15) is 10.5 Å². The molecule has 0 atom stereocenters. The highest BCUT2D eigenvalue weighted by atomic mass is 35.5. The van der Waals surface area contributed by atoms with E-state index in [0.717, 1.165) is 52.7 Å². The van der Waals surface area contributed by atoms with Gasteiger partial charge in [0.25, 0.3) is 0 Å². The number of guanidine groups is 1. The highest BCUT2D eigenvalue weighted by molar-refractivity contribution is 7.98. The van der Waals surface area contributed by atoms with Gasteiger partial charge in [-0.25, -0.2) is 4.99 Å². The molecular weight excluding hydrogens is 480 g/mol. The molecule has 1 N–H and O–H groups in total. The fraction of sp³-hybridized carbons (Fsp3) is 0.231. The number of likely N-dealkylation sites (tertiary alicyclic amines) is 1. The van der Waals surface area contributed by atoms with Crippen molar-refractivity contribution in [1.82, 2.24) is 15.2 Å². The van der Waals surface area contributed by atoms with Gasteiger partial charge in [0.2, 0.25) is 5.96 Å². The Balaban J connectivity index is 1.44. The van der Waals surface area contributed by atoms with Crippen molar-refractivity contribution in [3.63, 3.8) is 0 Å². The molecule has 4 heterocycles. The predicted molar refractivity (Wildman–Crippen MR) is 137 cm³/mol.